The minimum absolute atomic E-state index is 0.0493. The Kier molecular flexibility index (Phi) is 7.08. The van der Waals surface area contributed by atoms with Crippen LogP contribution in [0.3, 0.4) is 0 Å². The van der Waals surface area contributed by atoms with Crippen LogP contribution in [0.4, 0.5) is 34.8 Å². The van der Waals surface area contributed by atoms with Gasteiger partial charge in [0.25, 0.3) is 5.91 Å². The molecule has 1 aliphatic rings. The van der Waals surface area contributed by atoms with E-state index in [1.165, 1.54) is 12.1 Å². The van der Waals surface area contributed by atoms with E-state index in [9.17, 15) is 17.6 Å². The van der Waals surface area contributed by atoms with Crippen molar-refractivity contribution in [1.82, 2.24) is 9.71 Å². The van der Waals surface area contributed by atoms with Gasteiger partial charge in [-0.2, -0.15) is 17.6 Å². The van der Waals surface area contributed by atoms with Crippen LogP contribution in [0, 0.1) is 23.3 Å². The lowest BCUT2D eigenvalue weighted by atomic mass is 9.99. The van der Waals surface area contributed by atoms with Crippen molar-refractivity contribution in [3.8, 4) is 0 Å². The minimum atomic E-state index is -4.31. The van der Waals surface area contributed by atoms with Gasteiger partial charge in [0.05, 0.1) is 16.9 Å². The quantitative estimate of drug-likeness (QED) is 0.187. The number of aromatic nitrogens is 1. The van der Waals surface area contributed by atoms with Crippen molar-refractivity contribution >= 4 is 33.3 Å². The van der Waals surface area contributed by atoms with Gasteiger partial charge >= 0.3 is 10.2 Å². The first kappa shape index (κ1) is 26.3. The monoisotopic (exact) mass is 538 g/mol. The van der Waals surface area contributed by atoms with Crippen LogP contribution in [0.5, 0.6) is 0 Å². The number of pyridine rings is 1. The van der Waals surface area contributed by atoms with Gasteiger partial charge in [0.15, 0.2) is 23.3 Å². The third-order valence-corrected chi connectivity index (χ3v) is 7.11. The zero-order valence-electron chi connectivity index (χ0n) is 19.4. The van der Waals surface area contributed by atoms with Crippen LogP contribution in [-0.2, 0) is 16.6 Å². The van der Waals surface area contributed by atoms with Crippen molar-refractivity contribution in [3.63, 3.8) is 0 Å². The highest BCUT2D eigenvalue weighted by Gasteiger charge is 2.27. The second-order valence-electron chi connectivity index (χ2n) is 8.38. The van der Waals surface area contributed by atoms with Crippen LogP contribution in [0.25, 0.3) is 0 Å². The molecule has 6 N–H and O–H groups in total. The molecule has 1 fully saturated rings. The first-order chi connectivity index (χ1) is 17.4. The third kappa shape index (κ3) is 5.21. The molecule has 1 amide bonds. The molecule has 0 atom stereocenters. The van der Waals surface area contributed by atoms with Crippen LogP contribution in [0.1, 0.15) is 45.8 Å². The number of nitrogens with one attached hydrogen (secondary N) is 2. The van der Waals surface area contributed by atoms with Crippen LogP contribution in [0.2, 0.25) is 0 Å². The topological polar surface area (TPSA) is 143 Å². The van der Waals surface area contributed by atoms with Gasteiger partial charge in [-0.15, -0.1) is 0 Å². The summed E-state index contributed by atoms with van der Waals surface area (Å²) < 4.78 is 85.6. The molecule has 0 radical (unpaired) electrons. The number of benzene rings is 2. The molecular weight excluding hydrogens is 516 g/mol. The number of hydrogen-bond acceptors (Lipinski definition) is 6. The lowest BCUT2D eigenvalue weighted by Crippen LogP contribution is -2.45. The molecule has 0 saturated heterocycles. The van der Waals surface area contributed by atoms with Crippen molar-refractivity contribution in [2.75, 3.05) is 16.8 Å². The smallest absolute Gasteiger partial charge is 0.316 e. The number of primary amides is 1. The zero-order valence-corrected chi connectivity index (χ0v) is 20.2. The predicted molar refractivity (Wildman–Crippen MR) is 128 cm³/mol. The average Bonchev–Trinajstić information content (AvgIpc) is 3.70. The molecule has 3 aromatic rings. The summed E-state index contributed by atoms with van der Waals surface area (Å²) in [6.07, 6.45) is 2.27. The van der Waals surface area contributed by atoms with Crippen LogP contribution in [0.15, 0.2) is 36.5 Å². The van der Waals surface area contributed by atoms with Crippen molar-refractivity contribution in [3.05, 3.63) is 82.1 Å². The highest BCUT2D eigenvalue weighted by Crippen LogP contribution is 2.41. The lowest BCUT2D eigenvalue weighted by molar-refractivity contribution is 0.100. The number of halogens is 4. The van der Waals surface area contributed by atoms with Gasteiger partial charge in [0, 0.05) is 19.7 Å². The van der Waals surface area contributed by atoms with Gasteiger partial charge < -0.3 is 11.1 Å². The Bertz CT molecular complexity index is 1500. The maximum atomic E-state index is 15.1. The SMILES string of the molecule is CNS(=O)(=O)N(N)c1nccc(Cc2cc(C(N)=O)c(Nc3ccc(C4CC4)cc3F)c(F)c2F)c1F. The first-order valence-electron chi connectivity index (χ1n) is 10.9. The number of anilines is 3. The Morgan fingerprint density at radius 3 is 2.38 bits per heavy atom. The number of nitrogens with two attached hydrogens (primary N) is 2. The molecule has 1 aromatic heterocycles. The molecule has 0 aliphatic heterocycles. The molecule has 4 rings (SSSR count). The van der Waals surface area contributed by atoms with Gasteiger partial charge in [-0.25, -0.2) is 28.4 Å². The second-order valence-corrected chi connectivity index (χ2v) is 10.1. The number of hydrogen-bond donors (Lipinski definition) is 4. The molecule has 0 unspecified atom stereocenters. The Morgan fingerprint density at radius 1 is 1.08 bits per heavy atom. The van der Waals surface area contributed by atoms with Crippen molar-refractivity contribution in [2.24, 2.45) is 11.6 Å². The first-order valence-corrected chi connectivity index (χ1v) is 12.4. The van der Waals surface area contributed by atoms with Crippen molar-refractivity contribution in [2.45, 2.75) is 25.2 Å². The van der Waals surface area contributed by atoms with E-state index in [0.717, 1.165) is 43.8 Å². The van der Waals surface area contributed by atoms with E-state index < -0.39 is 68.4 Å². The van der Waals surface area contributed by atoms with E-state index in [1.807, 2.05) is 4.72 Å². The summed E-state index contributed by atoms with van der Waals surface area (Å²) in [6.45, 7) is 0. The molecular formula is C23H22F4N6O3S. The third-order valence-electron chi connectivity index (χ3n) is 5.91. The van der Waals surface area contributed by atoms with Gasteiger partial charge in [-0.05, 0) is 59.7 Å². The normalized spacial score (nSPS) is 13.5. The fraction of sp³-hybridized carbons (Fsp3) is 0.217. The van der Waals surface area contributed by atoms with Crippen LogP contribution >= 0.6 is 0 Å². The number of carbonyl (C=O) groups is 1. The molecule has 0 bridgehead atoms. The average molecular weight is 539 g/mol. The molecule has 1 saturated carbocycles. The zero-order chi connectivity index (χ0) is 27.1. The van der Waals surface area contributed by atoms with Gasteiger partial charge in [-0.1, -0.05) is 6.07 Å². The van der Waals surface area contributed by atoms with E-state index in [1.54, 1.807) is 6.07 Å². The van der Waals surface area contributed by atoms with Crippen LogP contribution in [-0.4, -0.2) is 26.4 Å². The summed E-state index contributed by atoms with van der Waals surface area (Å²) in [7, 11) is -3.27. The van der Waals surface area contributed by atoms with E-state index in [2.05, 4.69) is 10.3 Å². The van der Waals surface area contributed by atoms with E-state index >= 15 is 13.2 Å². The highest BCUT2D eigenvalue weighted by molar-refractivity contribution is 7.90. The van der Waals surface area contributed by atoms with Gasteiger partial charge in [0.1, 0.15) is 5.82 Å². The summed E-state index contributed by atoms with van der Waals surface area (Å²) in [5.41, 5.74) is 3.98. The molecule has 196 valence electrons. The number of carbonyl (C=O) groups excluding carboxylic acids is 1. The largest absolute Gasteiger partial charge is 0.366 e. The number of rotatable bonds is 9. The number of amides is 1. The summed E-state index contributed by atoms with van der Waals surface area (Å²) in [4.78, 5) is 15.7. The number of hydrazine groups is 1. The molecule has 2 aromatic carbocycles. The summed E-state index contributed by atoms with van der Waals surface area (Å²) in [5, 5.41) is 2.40. The van der Waals surface area contributed by atoms with E-state index in [4.69, 9.17) is 11.6 Å². The predicted octanol–water partition coefficient (Wildman–Crippen LogP) is 3.09. The fourth-order valence-electron chi connectivity index (χ4n) is 3.74. The molecule has 9 nitrogen and oxygen atoms in total. The highest BCUT2D eigenvalue weighted by atomic mass is 32.2. The van der Waals surface area contributed by atoms with Gasteiger partial charge in [0.2, 0.25) is 0 Å². The molecule has 14 heteroatoms. The van der Waals surface area contributed by atoms with Crippen molar-refractivity contribution in [1.29, 1.82) is 0 Å². The maximum absolute atomic E-state index is 15.1. The molecule has 1 heterocycles. The van der Waals surface area contributed by atoms with Crippen molar-refractivity contribution < 1.29 is 30.8 Å². The van der Waals surface area contributed by atoms with E-state index in [-0.39, 0.29) is 21.6 Å². The summed E-state index contributed by atoms with van der Waals surface area (Å²) >= 11 is 0. The fourth-order valence-corrected chi connectivity index (χ4v) is 4.29. The Hall–Kier alpha value is -3.75. The second kappa shape index (κ2) is 9.95. The lowest BCUT2D eigenvalue weighted by Gasteiger charge is -2.19. The standard InChI is InChI=1S/C23H22F4N6O3S/c1-30-37(35,36)33(29)23-19(26)13(6-7-31-23)8-14-9-15(22(28)34)21(20(27)18(14)25)32-17-5-4-12(10-16(17)24)11-2-3-11/h4-7,9-11,30,32H,2-3,8,29H2,1H3,(H2,28,34). The summed E-state index contributed by atoms with van der Waals surface area (Å²) in [5.74, 6) is -1.18. The molecule has 0 spiro atoms. The van der Waals surface area contributed by atoms with Gasteiger partial charge in [-0.3, -0.25) is 4.79 Å². The van der Waals surface area contributed by atoms with E-state index in [0.29, 0.717) is 0 Å². The molecule has 1 aliphatic carbocycles. The minimum Gasteiger partial charge on any atom is -0.366 e. The Morgan fingerprint density at radius 2 is 1.78 bits per heavy atom. The summed E-state index contributed by atoms with van der Waals surface area (Å²) in [6, 6.07) is 6.29. The molecule has 37 heavy (non-hydrogen) atoms. The Balaban J connectivity index is 1.71. The Labute approximate surface area is 209 Å². The van der Waals surface area contributed by atoms with Crippen LogP contribution < -0.4 is 26.0 Å². The maximum Gasteiger partial charge on any atom is 0.316 e. The number of nitrogens with zero attached hydrogens (tertiary/aromatic N) is 2.